The number of aromatic nitrogens is 3. The highest BCUT2D eigenvalue weighted by Crippen LogP contribution is 2.41. The van der Waals surface area contributed by atoms with Gasteiger partial charge in [-0.15, -0.1) is 5.10 Å². The number of rotatable bonds is 2. The van der Waals surface area contributed by atoms with Gasteiger partial charge in [-0.25, -0.2) is 9.37 Å². The number of nitrogens with two attached hydrogens (primary N) is 1. The van der Waals surface area contributed by atoms with Crippen LogP contribution < -0.4 is 5.73 Å². The second-order valence-electron chi connectivity index (χ2n) is 4.91. The number of halogens is 4. The van der Waals surface area contributed by atoms with Gasteiger partial charge in [-0.3, -0.25) is 0 Å². The molecular weight excluding hydrogens is 324 g/mol. The fourth-order valence-corrected chi connectivity index (χ4v) is 2.34. The summed E-state index contributed by atoms with van der Waals surface area (Å²) in [5.74, 6) is -1.25. The highest BCUT2D eigenvalue weighted by atomic mass is 19.4. The van der Waals surface area contributed by atoms with E-state index in [2.05, 4.69) is 15.2 Å². The molecule has 3 rings (SSSR count). The van der Waals surface area contributed by atoms with E-state index in [1.54, 1.807) is 6.07 Å². The molecule has 0 aliphatic heterocycles. The van der Waals surface area contributed by atoms with Gasteiger partial charge in [0.05, 0.1) is 17.5 Å². The monoisotopic (exact) mass is 334 g/mol. The van der Waals surface area contributed by atoms with Crippen LogP contribution in [0, 0.1) is 5.82 Å². The van der Waals surface area contributed by atoms with Crippen LogP contribution in [-0.4, -0.2) is 15.2 Å². The number of hydrogen-bond acceptors (Lipinski definition) is 4. The Morgan fingerprint density at radius 3 is 2.29 bits per heavy atom. The molecular formula is C16H10F4N4. The lowest BCUT2D eigenvalue weighted by Crippen LogP contribution is -2.10. The van der Waals surface area contributed by atoms with Crippen molar-refractivity contribution in [2.75, 3.05) is 5.73 Å². The van der Waals surface area contributed by atoms with Crippen LogP contribution in [-0.2, 0) is 6.18 Å². The highest BCUT2D eigenvalue weighted by Gasteiger charge is 2.36. The van der Waals surface area contributed by atoms with Gasteiger partial charge in [-0.1, -0.05) is 30.3 Å². The molecule has 24 heavy (non-hydrogen) atoms. The Morgan fingerprint density at radius 1 is 0.958 bits per heavy atom. The van der Waals surface area contributed by atoms with Crippen LogP contribution in [0.15, 0.2) is 48.7 Å². The summed E-state index contributed by atoms with van der Waals surface area (Å²) in [6.45, 7) is 0. The summed E-state index contributed by atoms with van der Waals surface area (Å²) >= 11 is 0. The SMILES string of the molecule is Nc1nncc(-c2ccc(C(F)(F)F)c(-c3ccccc3)c2F)n1. The summed E-state index contributed by atoms with van der Waals surface area (Å²) in [6, 6.07) is 9.34. The number of anilines is 1. The second-order valence-corrected chi connectivity index (χ2v) is 4.91. The predicted molar refractivity (Wildman–Crippen MR) is 80.1 cm³/mol. The summed E-state index contributed by atoms with van der Waals surface area (Å²) in [4.78, 5) is 3.81. The first-order chi connectivity index (χ1) is 11.4. The van der Waals surface area contributed by atoms with Crippen LogP contribution in [0.3, 0.4) is 0 Å². The third-order valence-electron chi connectivity index (χ3n) is 3.36. The zero-order valence-corrected chi connectivity index (χ0v) is 12.0. The fraction of sp³-hybridized carbons (Fsp3) is 0.0625. The minimum absolute atomic E-state index is 0.00547. The summed E-state index contributed by atoms with van der Waals surface area (Å²) in [5, 5.41) is 7.00. The van der Waals surface area contributed by atoms with Gasteiger partial charge in [0.25, 0.3) is 0 Å². The molecule has 0 saturated carbocycles. The Kier molecular flexibility index (Phi) is 3.88. The fourth-order valence-electron chi connectivity index (χ4n) is 2.34. The molecule has 122 valence electrons. The van der Waals surface area contributed by atoms with Crippen molar-refractivity contribution in [1.29, 1.82) is 0 Å². The molecule has 0 bridgehead atoms. The highest BCUT2D eigenvalue weighted by molar-refractivity contribution is 5.76. The summed E-state index contributed by atoms with van der Waals surface area (Å²) in [5.41, 5.74) is 3.78. The van der Waals surface area contributed by atoms with Gasteiger partial charge in [0, 0.05) is 11.1 Å². The van der Waals surface area contributed by atoms with E-state index in [0.717, 1.165) is 18.3 Å². The lowest BCUT2D eigenvalue weighted by Gasteiger charge is -2.16. The van der Waals surface area contributed by atoms with E-state index in [1.807, 2.05) is 0 Å². The molecule has 0 unspecified atom stereocenters. The molecule has 0 spiro atoms. The molecule has 0 aliphatic rings. The van der Waals surface area contributed by atoms with E-state index in [1.165, 1.54) is 24.3 Å². The Hall–Kier alpha value is -3.03. The average molecular weight is 334 g/mol. The van der Waals surface area contributed by atoms with Gasteiger partial charge < -0.3 is 5.73 Å². The number of alkyl halides is 3. The molecule has 0 saturated heterocycles. The molecule has 3 aromatic rings. The summed E-state index contributed by atoms with van der Waals surface area (Å²) in [7, 11) is 0. The molecule has 2 N–H and O–H groups in total. The molecule has 1 aromatic heterocycles. The first kappa shape index (κ1) is 15.9. The Balaban J connectivity index is 2.30. The molecule has 8 heteroatoms. The second kappa shape index (κ2) is 5.88. The molecule has 1 heterocycles. The van der Waals surface area contributed by atoms with Crippen LogP contribution >= 0.6 is 0 Å². The van der Waals surface area contributed by atoms with E-state index in [4.69, 9.17) is 5.73 Å². The quantitative estimate of drug-likeness (QED) is 0.721. The van der Waals surface area contributed by atoms with Crippen LogP contribution in [0.2, 0.25) is 0 Å². The van der Waals surface area contributed by atoms with Gasteiger partial charge in [-0.05, 0) is 17.7 Å². The average Bonchev–Trinajstić information content (AvgIpc) is 2.54. The van der Waals surface area contributed by atoms with Gasteiger partial charge in [0.1, 0.15) is 5.82 Å². The predicted octanol–water partition coefficient (Wildman–Crippen LogP) is 3.95. The van der Waals surface area contributed by atoms with Crippen molar-refractivity contribution in [2.45, 2.75) is 6.18 Å². The van der Waals surface area contributed by atoms with Gasteiger partial charge in [-0.2, -0.15) is 18.3 Å². The van der Waals surface area contributed by atoms with Crippen molar-refractivity contribution in [2.24, 2.45) is 0 Å². The number of benzene rings is 2. The molecule has 0 atom stereocenters. The van der Waals surface area contributed by atoms with Crippen LogP contribution in [0.1, 0.15) is 5.56 Å². The standard InChI is InChI=1S/C16H10F4N4/c17-14-10(12-8-22-24-15(21)23-12)6-7-11(16(18,19)20)13(14)9-4-2-1-3-5-9/h1-8H,(H2,21,23,24). The van der Waals surface area contributed by atoms with Crippen molar-refractivity contribution in [3.05, 3.63) is 60.0 Å². The number of nitrogens with zero attached hydrogens (tertiary/aromatic N) is 3. The van der Waals surface area contributed by atoms with Crippen LogP contribution in [0.25, 0.3) is 22.4 Å². The lowest BCUT2D eigenvalue weighted by atomic mass is 9.95. The van der Waals surface area contributed by atoms with Crippen LogP contribution in [0.5, 0.6) is 0 Å². The van der Waals surface area contributed by atoms with E-state index < -0.39 is 23.1 Å². The third-order valence-corrected chi connectivity index (χ3v) is 3.36. The van der Waals surface area contributed by atoms with E-state index in [-0.39, 0.29) is 22.8 Å². The number of hydrogen-bond donors (Lipinski definition) is 1. The zero-order chi connectivity index (χ0) is 17.3. The Morgan fingerprint density at radius 2 is 1.67 bits per heavy atom. The zero-order valence-electron chi connectivity index (χ0n) is 12.0. The van der Waals surface area contributed by atoms with Gasteiger partial charge >= 0.3 is 6.18 Å². The Labute approximate surface area is 134 Å². The van der Waals surface area contributed by atoms with Gasteiger partial charge in [0.15, 0.2) is 0 Å². The maximum absolute atomic E-state index is 14.9. The first-order valence-electron chi connectivity index (χ1n) is 6.78. The number of nitrogen functional groups attached to an aromatic ring is 1. The minimum atomic E-state index is -4.70. The van der Waals surface area contributed by atoms with E-state index in [9.17, 15) is 17.6 Å². The van der Waals surface area contributed by atoms with E-state index >= 15 is 0 Å². The molecule has 0 radical (unpaired) electrons. The van der Waals surface area contributed by atoms with Crippen molar-refractivity contribution >= 4 is 5.95 Å². The van der Waals surface area contributed by atoms with E-state index in [0.29, 0.717) is 0 Å². The molecule has 2 aromatic carbocycles. The van der Waals surface area contributed by atoms with Gasteiger partial charge in [0.2, 0.25) is 5.95 Å². The van der Waals surface area contributed by atoms with Crippen molar-refractivity contribution in [3.8, 4) is 22.4 Å². The lowest BCUT2D eigenvalue weighted by molar-refractivity contribution is -0.137. The van der Waals surface area contributed by atoms with Crippen molar-refractivity contribution < 1.29 is 17.6 Å². The maximum atomic E-state index is 14.9. The topological polar surface area (TPSA) is 64.7 Å². The molecule has 4 nitrogen and oxygen atoms in total. The Bertz CT molecular complexity index is 879. The molecule has 0 aliphatic carbocycles. The molecule has 0 amide bonds. The summed E-state index contributed by atoms with van der Waals surface area (Å²) in [6.07, 6.45) is -3.57. The third kappa shape index (κ3) is 2.90. The van der Waals surface area contributed by atoms with Crippen molar-refractivity contribution in [1.82, 2.24) is 15.2 Å². The summed E-state index contributed by atoms with van der Waals surface area (Å²) < 4.78 is 54.8. The minimum Gasteiger partial charge on any atom is -0.366 e. The molecule has 0 fully saturated rings. The first-order valence-corrected chi connectivity index (χ1v) is 6.78. The maximum Gasteiger partial charge on any atom is 0.417 e. The smallest absolute Gasteiger partial charge is 0.366 e. The largest absolute Gasteiger partial charge is 0.417 e. The normalized spacial score (nSPS) is 11.5. The van der Waals surface area contributed by atoms with Crippen molar-refractivity contribution in [3.63, 3.8) is 0 Å². The van der Waals surface area contributed by atoms with Crippen LogP contribution in [0.4, 0.5) is 23.5 Å².